The minimum atomic E-state index is 0.520. The van der Waals surface area contributed by atoms with Crippen molar-refractivity contribution in [3.8, 4) is 0 Å². The molecule has 11 heavy (non-hydrogen) atoms. The second-order valence-corrected chi connectivity index (χ2v) is 1.80. The fourth-order valence-corrected chi connectivity index (χ4v) is 0.391. The summed E-state index contributed by atoms with van der Waals surface area (Å²) < 4.78 is 0. The van der Waals surface area contributed by atoms with Crippen molar-refractivity contribution in [3.63, 3.8) is 0 Å². The molecule has 0 saturated heterocycles. The van der Waals surface area contributed by atoms with Crippen LogP contribution in [0.3, 0.4) is 0 Å². The monoisotopic (exact) mass is 148 g/mol. The number of nitrogens with two attached hydrogens (primary N) is 1. The van der Waals surface area contributed by atoms with Gasteiger partial charge in [0, 0.05) is 5.70 Å². The van der Waals surface area contributed by atoms with Crippen molar-refractivity contribution < 1.29 is 0 Å². The van der Waals surface area contributed by atoms with Gasteiger partial charge in [-0.05, 0) is 18.2 Å². The number of rotatable bonds is 4. The molecule has 2 heteroatoms. The van der Waals surface area contributed by atoms with E-state index < -0.39 is 0 Å². The van der Waals surface area contributed by atoms with Crippen LogP contribution in [0.1, 0.15) is 0 Å². The van der Waals surface area contributed by atoms with E-state index in [4.69, 9.17) is 5.73 Å². The lowest BCUT2D eigenvalue weighted by atomic mass is 10.3. The normalized spacial score (nSPS) is 10.0. The summed E-state index contributed by atoms with van der Waals surface area (Å²) in [6.45, 7) is 10.6. The van der Waals surface area contributed by atoms with E-state index >= 15 is 0 Å². The maximum absolute atomic E-state index is 5.40. The van der Waals surface area contributed by atoms with Crippen molar-refractivity contribution in [2.24, 2.45) is 10.7 Å². The van der Waals surface area contributed by atoms with Gasteiger partial charge in [0.05, 0.1) is 11.9 Å². The fourth-order valence-electron chi connectivity index (χ4n) is 0.391. The topological polar surface area (TPSA) is 38.4 Å². The molecule has 0 bridgehead atoms. The first-order valence-electron chi connectivity index (χ1n) is 3.15. The summed E-state index contributed by atoms with van der Waals surface area (Å²) in [4.78, 5) is 3.95. The highest BCUT2D eigenvalue weighted by Gasteiger charge is 1.81. The molecule has 0 fully saturated rings. The van der Waals surface area contributed by atoms with E-state index in [1.807, 2.05) is 0 Å². The van der Waals surface area contributed by atoms with Crippen molar-refractivity contribution >= 4 is 5.71 Å². The van der Waals surface area contributed by atoms with Crippen molar-refractivity contribution in [1.29, 1.82) is 0 Å². The van der Waals surface area contributed by atoms with E-state index in [2.05, 4.69) is 24.7 Å². The Labute approximate surface area is 67.1 Å². The minimum absolute atomic E-state index is 0.520. The van der Waals surface area contributed by atoms with E-state index in [-0.39, 0.29) is 0 Å². The summed E-state index contributed by atoms with van der Waals surface area (Å²) in [5.41, 5.74) is 6.61. The van der Waals surface area contributed by atoms with Crippen LogP contribution in [-0.4, -0.2) is 5.71 Å². The third kappa shape index (κ3) is 3.92. The molecule has 0 aliphatic rings. The lowest BCUT2D eigenvalue weighted by Crippen LogP contribution is -1.91. The van der Waals surface area contributed by atoms with Crippen LogP contribution in [0.25, 0.3) is 0 Å². The molecule has 0 rings (SSSR count). The summed E-state index contributed by atoms with van der Waals surface area (Å²) in [6, 6.07) is 0. The lowest BCUT2D eigenvalue weighted by Gasteiger charge is -1.88. The van der Waals surface area contributed by atoms with E-state index in [1.165, 1.54) is 12.3 Å². The first-order valence-corrected chi connectivity index (χ1v) is 3.15. The molecule has 0 aliphatic heterocycles. The zero-order valence-corrected chi connectivity index (χ0v) is 6.46. The smallest absolute Gasteiger partial charge is 0.0618 e. The molecule has 0 unspecified atom stereocenters. The molecule has 0 heterocycles. The Morgan fingerprint density at radius 3 is 2.00 bits per heavy atom. The van der Waals surface area contributed by atoms with Crippen molar-refractivity contribution in [2.75, 3.05) is 0 Å². The van der Waals surface area contributed by atoms with Crippen LogP contribution in [0.15, 0.2) is 54.9 Å². The minimum Gasteiger partial charge on any atom is -0.397 e. The lowest BCUT2D eigenvalue weighted by molar-refractivity contribution is 1.37. The zero-order chi connectivity index (χ0) is 8.69. The first-order chi connectivity index (χ1) is 5.24. The molecule has 58 valence electrons. The molecule has 0 aromatic carbocycles. The van der Waals surface area contributed by atoms with Gasteiger partial charge in [0.2, 0.25) is 0 Å². The molecule has 0 spiro atoms. The maximum Gasteiger partial charge on any atom is 0.0618 e. The number of hydrogen-bond donors (Lipinski definition) is 1. The Bertz CT molecular complexity index is 212. The third-order valence-electron chi connectivity index (χ3n) is 1.02. The Hall–Kier alpha value is -1.57. The predicted octanol–water partition coefficient (Wildman–Crippen LogP) is 1.79. The van der Waals surface area contributed by atoms with Gasteiger partial charge in [-0.1, -0.05) is 19.7 Å². The molecule has 0 aliphatic carbocycles. The molecule has 0 aromatic heterocycles. The van der Waals surface area contributed by atoms with Gasteiger partial charge in [-0.25, -0.2) is 0 Å². The molecular formula is C9H12N2. The number of aliphatic imine (C=N–C) groups is 1. The number of allylic oxidation sites excluding steroid dienone is 3. The van der Waals surface area contributed by atoms with Crippen LogP contribution in [0, 0.1) is 0 Å². The average molecular weight is 148 g/mol. The Morgan fingerprint density at radius 1 is 1.09 bits per heavy atom. The molecule has 0 atom stereocenters. The van der Waals surface area contributed by atoms with Gasteiger partial charge >= 0.3 is 0 Å². The quantitative estimate of drug-likeness (QED) is 0.479. The van der Waals surface area contributed by atoms with Crippen molar-refractivity contribution in [3.05, 3.63) is 49.9 Å². The molecule has 0 saturated carbocycles. The Balaban J connectivity index is 4.40. The highest BCUT2D eigenvalue weighted by Crippen LogP contribution is 1.88. The molecular weight excluding hydrogens is 136 g/mol. The second kappa shape index (κ2) is 5.23. The van der Waals surface area contributed by atoms with Crippen LogP contribution < -0.4 is 5.73 Å². The van der Waals surface area contributed by atoms with E-state index in [1.54, 1.807) is 12.2 Å². The number of nitrogens with zero attached hydrogens (tertiary/aromatic N) is 1. The highest BCUT2D eigenvalue weighted by molar-refractivity contribution is 6.03. The second-order valence-electron chi connectivity index (χ2n) is 1.80. The summed E-state index contributed by atoms with van der Waals surface area (Å²) in [6.07, 6.45) is 6.22. The Kier molecular flexibility index (Phi) is 4.49. The largest absolute Gasteiger partial charge is 0.397 e. The number of hydrogen-bond acceptors (Lipinski definition) is 2. The summed E-state index contributed by atoms with van der Waals surface area (Å²) >= 11 is 0. The summed E-state index contributed by atoms with van der Waals surface area (Å²) in [5.74, 6) is 0. The van der Waals surface area contributed by atoms with Gasteiger partial charge in [-0.3, -0.25) is 4.99 Å². The van der Waals surface area contributed by atoms with Crippen molar-refractivity contribution in [1.82, 2.24) is 0 Å². The van der Waals surface area contributed by atoms with Gasteiger partial charge in [-0.15, -0.1) is 0 Å². The van der Waals surface area contributed by atoms with Gasteiger partial charge in [0.15, 0.2) is 0 Å². The first kappa shape index (κ1) is 9.43. The zero-order valence-electron chi connectivity index (χ0n) is 6.46. The van der Waals surface area contributed by atoms with E-state index in [0.29, 0.717) is 11.4 Å². The van der Waals surface area contributed by atoms with Crippen LogP contribution in [0.5, 0.6) is 0 Å². The summed E-state index contributed by atoms with van der Waals surface area (Å²) in [7, 11) is 0. The highest BCUT2D eigenvalue weighted by atomic mass is 14.7. The van der Waals surface area contributed by atoms with Gasteiger partial charge in [-0.2, -0.15) is 0 Å². The maximum atomic E-state index is 5.40. The molecule has 0 radical (unpaired) electrons. The van der Waals surface area contributed by atoms with Crippen molar-refractivity contribution in [2.45, 2.75) is 0 Å². The van der Waals surface area contributed by atoms with E-state index in [0.717, 1.165) is 0 Å². The Morgan fingerprint density at radius 2 is 1.64 bits per heavy atom. The van der Waals surface area contributed by atoms with Gasteiger partial charge in [0.25, 0.3) is 0 Å². The predicted molar refractivity (Wildman–Crippen MR) is 50.3 cm³/mol. The molecule has 2 nitrogen and oxygen atoms in total. The SMILES string of the molecule is C=CC(C=C)=N/C=C(/N)C=C. The molecule has 0 amide bonds. The fraction of sp³-hybridized carbons (Fsp3) is 0. The van der Waals surface area contributed by atoms with Crippen LogP contribution in [-0.2, 0) is 0 Å². The molecule has 2 N–H and O–H groups in total. The summed E-state index contributed by atoms with van der Waals surface area (Å²) in [5, 5.41) is 0. The van der Waals surface area contributed by atoms with Gasteiger partial charge in [0.1, 0.15) is 0 Å². The van der Waals surface area contributed by atoms with Crippen LogP contribution >= 0.6 is 0 Å². The standard InChI is InChI=1S/C9H12N2/c1-4-8(10)7-11-9(5-2)6-3/h4-7H,1-3,10H2/b8-7+. The molecule has 0 aromatic rings. The average Bonchev–Trinajstić information content (AvgIpc) is 2.06. The van der Waals surface area contributed by atoms with E-state index in [9.17, 15) is 0 Å². The van der Waals surface area contributed by atoms with Crippen LogP contribution in [0.4, 0.5) is 0 Å². The van der Waals surface area contributed by atoms with Gasteiger partial charge < -0.3 is 5.73 Å². The third-order valence-corrected chi connectivity index (χ3v) is 1.02. The van der Waals surface area contributed by atoms with Crippen LogP contribution in [0.2, 0.25) is 0 Å².